The number of rotatable bonds is 9. The largest absolute Gasteiger partial charge is 0.748 e. The number of ether oxygens (including phenoxy) is 2. The Morgan fingerprint density at radius 3 is 1.89 bits per heavy atom. The molecule has 0 aromatic carbocycles. The van der Waals surface area contributed by atoms with Crippen LogP contribution in [0.25, 0.3) is 0 Å². The van der Waals surface area contributed by atoms with Crippen molar-refractivity contribution in [1.29, 1.82) is 0 Å². The van der Waals surface area contributed by atoms with Crippen molar-refractivity contribution in [3.63, 3.8) is 0 Å². The average molecular weight is 429 g/mol. The topological polar surface area (TPSA) is 110 Å². The lowest BCUT2D eigenvalue weighted by Crippen LogP contribution is -2.63. The van der Waals surface area contributed by atoms with Crippen molar-refractivity contribution in [3.05, 3.63) is 12.2 Å². The van der Waals surface area contributed by atoms with Gasteiger partial charge in [-0.05, 0) is 19.8 Å². The molecule has 0 aromatic rings. The predicted molar refractivity (Wildman–Crippen MR) is 75.1 cm³/mol. The SMILES string of the molecule is C=C(C)C(=O)OCCCCC(=O)OC(CS(=O)(=O)[O-])(C(F)(F)F)C(F)(F)F. The zero-order valence-corrected chi connectivity index (χ0v) is 14.6. The number of alkyl halides is 6. The van der Waals surface area contributed by atoms with Gasteiger partial charge < -0.3 is 14.0 Å². The van der Waals surface area contributed by atoms with Gasteiger partial charge in [-0.1, -0.05) is 6.58 Å². The summed E-state index contributed by atoms with van der Waals surface area (Å²) in [5.41, 5.74) is -5.43. The van der Waals surface area contributed by atoms with Gasteiger partial charge in [-0.15, -0.1) is 0 Å². The molecule has 0 bridgehead atoms. The molecule has 0 fully saturated rings. The first-order valence-corrected chi connectivity index (χ1v) is 8.62. The van der Waals surface area contributed by atoms with Crippen molar-refractivity contribution < 1.29 is 58.4 Å². The highest BCUT2D eigenvalue weighted by Gasteiger charge is 2.75. The molecule has 0 aliphatic heterocycles. The van der Waals surface area contributed by atoms with E-state index in [2.05, 4.69) is 16.1 Å². The average Bonchev–Trinajstić information content (AvgIpc) is 2.41. The smallest absolute Gasteiger partial charge is 0.438 e. The van der Waals surface area contributed by atoms with E-state index in [-0.39, 0.29) is 25.0 Å². The molecular formula is C13H15F6O7S-. The Morgan fingerprint density at radius 2 is 1.52 bits per heavy atom. The van der Waals surface area contributed by atoms with Gasteiger partial charge >= 0.3 is 29.9 Å². The van der Waals surface area contributed by atoms with Crippen LogP contribution in [-0.2, 0) is 29.2 Å². The molecule has 0 amide bonds. The van der Waals surface area contributed by atoms with Gasteiger partial charge in [-0.3, -0.25) is 4.79 Å². The lowest BCUT2D eigenvalue weighted by molar-refractivity contribution is -0.361. The fourth-order valence-corrected chi connectivity index (χ4v) is 2.51. The zero-order valence-electron chi connectivity index (χ0n) is 13.8. The van der Waals surface area contributed by atoms with Crippen LogP contribution < -0.4 is 0 Å². The summed E-state index contributed by atoms with van der Waals surface area (Å²) in [5.74, 6) is -5.86. The van der Waals surface area contributed by atoms with Gasteiger partial charge in [-0.25, -0.2) is 13.2 Å². The molecule has 0 atom stereocenters. The van der Waals surface area contributed by atoms with E-state index >= 15 is 0 Å². The first-order chi connectivity index (χ1) is 11.9. The van der Waals surface area contributed by atoms with Crippen LogP contribution in [0.1, 0.15) is 26.2 Å². The van der Waals surface area contributed by atoms with Gasteiger partial charge in [0.15, 0.2) is 0 Å². The fourth-order valence-electron chi connectivity index (χ4n) is 1.62. The lowest BCUT2D eigenvalue weighted by Gasteiger charge is -2.36. The standard InChI is InChI=1S/C13H16F6O7S/c1-8(2)10(21)25-6-4-3-5-9(20)26-11(12(14,15)16,13(17,18)19)7-27(22,23)24/h1,3-7H2,2H3,(H,22,23,24)/p-1. The second-order valence-electron chi connectivity index (χ2n) is 5.37. The normalized spacial score (nSPS) is 13.2. The van der Waals surface area contributed by atoms with E-state index in [4.69, 9.17) is 0 Å². The van der Waals surface area contributed by atoms with Crippen molar-refractivity contribution in [2.45, 2.75) is 44.1 Å². The van der Waals surface area contributed by atoms with Gasteiger partial charge in [-0.2, -0.15) is 26.3 Å². The van der Waals surface area contributed by atoms with Gasteiger partial charge in [0.1, 0.15) is 0 Å². The molecule has 0 radical (unpaired) electrons. The summed E-state index contributed by atoms with van der Waals surface area (Å²) < 4.78 is 117. The van der Waals surface area contributed by atoms with Crippen molar-refractivity contribution >= 4 is 22.1 Å². The Balaban J connectivity index is 5.11. The minimum Gasteiger partial charge on any atom is -0.748 e. The quantitative estimate of drug-likeness (QED) is 0.182. The highest BCUT2D eigenvalue weighted by Crippen LogP contribution is 2.47. The molecule has 0 aliphatic rings. The highest BCUT2D eigenvalue weighted by molar-refractivity contribution is 7.85. The monoisotopic (exact) mass is 429 g/mol. The Kier molecular flexibility index (Phi) is 8.30. The van der Waals surface area contributed by atoms with Crippen LogP contribution in [0.2, 0.25) is 0 Å². The van der Waals surface area contributed by atoms with E-state index in [1.165, 1.54) is 6.92 Å². The van der Waals surface area contributed by atoms with Crippen molar-refractivity contribution in [2.75, 3.05) is 12.4 Å². The zero-order chi connectivity index (χ0) is 21.7. The highest BCUT2D eigenvalue weighted by atomic mass is 32.2. The predicted octanol–water partition coefficient (Wildman–Crippen LogP) is 2.23. The Labute approximate surface area is 150 Å². The minimum atomic E-state index is -6.41. The van der Waals surface area contributed by atoms with Crippen LogP contribution in [0.3, 0.4) is 0 Å². The first-order valence-electron chi connectivity index (χ1n) is 7.04. The fraction of sp³-hybridized carbons (Fsp3) is 0.692. The molecule has 0 N–H and O–H groups in total. The molecule has 27 heavy (non-hydrogen) atoms. The van der Waals surface area contributed by atoms with Gasteiger partial charge in [0.2, 0.25) is 0 Å². The minimum absolute atomic E-state index is 0.0494. The molecular weight excluding hydrogens is 414 g/mol. The molecule has 14 heteroatoms. The van der Waals surface area contributed by atoms with Crippen molar-refractivity contribution in [1.82, 2.24) is 0 Å². The van der Waals surface area contributed by atoms with E-state index in [0.717, 1.165) is 0 Å². The molecule has 158 valence electrons. The van der Waals surface area contributed by atoms with Crippen molar-refractivity contribution in [2.24, 2.45) is 0 Å². The summed E-state index contributed by atoms with van der Waals surface area (Å²) in [5, 5.41) is 0. The van der Waals surface area contributed by atoms with E-state index < -0.39 is 52.2 Å². The molecule has 0 heterocycles. The molecule has 0 saturated carbocycles. The molecule has 0 aliphatic carbocycles. The number of carbonyl (C=O) groups is 2. The number of carbonyl (C=O) groups excluding carboxylic acids is 2. The third kappa shape index (κ3) is 7.74. The third-order valence-corrected chi connectivity index (χ3v) is 3.70. The maximum atomic E-state index is 12.9. The number of hydrogen-bond donors (Lipinski definition) is 0. The van der Waals surface area contributed by atoms with Gasteiger partial charge in [0, 0.05) is 12.0 Å². The van der Waals surface area contributed by atoms with Crippen LogP contribution in [0, 0.1) is 0 Å². The number of halogens is 6. The molecule has 7 nitrogen and oxygen atoms in total. The summed E-state index contributed by atoms with van der Waals surface area (Å²) in [6.45, 7) is 4.30. The molecule has 0 saturated heterocycles. The first kappa shape index (κ1) is 25.2. The number of unbranched alkanes of at least 4 members (excludes halogenated alkanes) is 1. The van der Waals surface area contributed by atoms with E-state index in [9.17, 15) is 48.9 Å². The second-order valence-corrected chi connectivity index (χ2v) is 6.78. The van der Waals surface area contributed by atoms with Crippen molar-refractivity contribution in [3.8, 4) is 0 Å². The van der Waals surface area contributed by atoms with Gasteiger partial charge in [0.25, 0.3) is 0 Å². The second kappa shape index (κ2) is 8.91. The van der Waals surface area contributed by atoms with Crippen LogP contribution in [0.4, 0.5) is 26.3 Å². The van der Waals surface area contributed by atoms with Crippen LogP contribution in [0.15, 0.2) is 12.2 Å². The number of hydrogen-bond acceptors (Lipinski definition) is 7. The molecule has 0 spiro atoms. The summed E-state index contributed by atoms with van der Waals surface area (Å²) in [6, 6.07) is 0. The summed E-state index contributed by atoms with van der Waals surface area (Å²) in [6.07, 6.45) is -14.2. The maximum Gasteiger partial charge on any atom is 0.438 e. The maximum absolute atomic E-state index is 12.9. The molecule has 0 aromatic heterocycles. The number of esters is 2. The summed E-state index contributed by atoms with van der Waals surface area (Å²) in [7, 11) is -6.07. The summed E-state index contributed by atoms with van der Waals surface area (Å²) >= 11 is 0. The van der Waals surface area contributed by atoms with E-state index in [0.29, 0.717) is 0 Å². The molecule has 0 rings (SSSR count). The van der Waals surface area contributed by atoms with Crippen LogP contribution in [-0.4, -0.2) is 55.2 Å². The Hall–Kier alpha value is -1.83. The molecule has 0 unspecified atom stereocenters. The van der Waals surface area contributed by atoms with E-state index in [1.54, 1.807) is 0 Å². The van der Waals surface area contributed by atoms with E-state index in [1.807, 2.05) is 0 Å². The van der Waals surface area contributed by atoms with Gasteiger partial charge in [0.05, 0.1) is 22.5 Å². The Morgan fingerprint density at radius 1 is 1.04 bits per heavy atom. The third-order valence-electron chi connectivity index (χ3n) is 2.94. The van der Waals surface area contributed by atoms with Crippen LogP contribution in [0.5, 0.6) is 0 Å². The lowest BCUT2D eigenvalue weighted by atomic mass is 10.1. The Bertz CT molecular complexity index is 652. The van der Waals surface area contributed by atoms with Crippen LogP contribution >= 0.6 is 0 Å². The summed E-state index contributed by atoms with van der Waals surface area (Å²) in [4.78, 5) is 22.4.